The monoisotopic (exact) mass is 513 g/mol. The Hall–Kier alpha value is -4.72. The average molecular weight is 514 g/mol. The van der Waals surface area contributed by atoms with Crippen LogP contribution in [0.1, 0.15) is 36.0 Å². The summed E-state index contributed by atoms with van der Waals surface area (Å²) in [7, 11) is 3.06. The lowest BCUT2D eigenvalue weighted by molar-refractivity contribution is -0.117. The molecular formula is C30H27NO7. The maximum absolute atomic E-state index is 13.9. The van der Waals surface area contributed by atoms with Gasteiger partial charge in [-0.2, -0.15) is 0 Å². The Balaban J connectivity index is 1.65. The van der Waals surface area contributed by atoms with Crippen molar-refractivity contribution in [3.8, 4) is 17.2 Å². The maximum Gasteiger partial charge on any atom is 0.294 e. The van der Waals surface area contributed by atoms with Crippen molar-refractivity contribution in [2.24, 2.45) is 0 Å². The molecular weight excluding hydrogens is 486 g/mol. The zero-order valence-corrected chi connectivity index (χ0v) is 21.4. The van der Waals surface area contributed by atoms with E-state index >= 15 is 0 Å². The van der Waals surface area contributed by atoms with Crippen molar-refractivity contribution in [3.63, 3.8) is 0 Å². The molecule has 2 heterocycles. The molecule has 1 amide bonds. The minimum Gasteiger partial charge on any atom is -0.503 e. The minimum absolute atomic E-state index is 0.0185. The SMILES string of the molecule is COc1ccc(N2C(=O)C(O)=C(C(=O)c3cc4cccc(OC)c4o3)C2c2cccc(OC(C)C)c2)cc1. The normalized spacial score (nSPS) is 15.4. The highest BCUT2D eigenvalue weighted by molar-refractivity contribution is 6.20. The van der Waals surface area contributed by atoms with E-state index in [1.807, 2.05) is 13.8 Å². The Morgan fingerprint density at radius 1 is 0.947 bits per heavy atom. The fraction of sp³-hybridized carbons (Fsp3) is 0.200. The standard InChI is InChI=1S/C30H27NO7/c1-17(2)37-22-9-5-7-18(15-22)26-25(27(32)24-16-19-8-6-10-23(36-4)29(19)38-24)28(33)30(34)31(26)20-11-13-21(35-3)14-12-20/h5-17,26,33H,1-4H3. The van der Waals surface area contributed by atoms with Crippen LogP contribution < -0.4 is 19.1 Å². The van der Waals surface area contributed by atoms with Crippen LogP contribution in [0.4, 0.5) is 5.69 Å². The number of para-hydroxylation sites is 1. The van der Waals surface area contributed by atoms with Crippen LogP contribution in [0, 0.1) is 0 Å². The number of rotatable bonds is 8. The molecule has 0 fully saturated rings. The highest BCUT2D eigenvalue weighted by atomic mass is 16.5. The third kappa shape index (κ3) is 4.34. The summed E-state index contributed by atoms with van der Waals surface area (Å²) in [5, 5.41) is 11.7. The van der Waals surface area contributed by atoms with Gasteiger partial charge in [0.25, 0.3) is 5.91 Å². The Kier molecular flexibility index (Phi) is 6.55. The van der Waals surface area contributed by atoms with Crippen LogP contribution in [0.2, 0.25) is 0 Å². The topological polar surface area (TPSA) is 98.4 Å². The third-order valence-corrected chi connectivity index (χ3v) is 6.30. The molecule has 5 rings (SSSR count). The lowest BCUT2D eigenvalue weighted by atomic mass is 9.94. The van der Waals surface area contributed by atoms with Gasteiger partial charge >= 0.3 is 0 Å². The number of carbonyl (C=O) groups is 2. The van der Waals surface area contributed by atoms with Gasteiger partial charge in [0, 0.05) is 11.1 Å². The molecule has 0 bridgehead atoms. The highest BCUT2D eigenvalue weighted by Gasteiger charge is 2.45. The van der Waals surface area contributed by atoms with Crippen LogP contribution in [0.25, 0.3) is 11.0 Å². The predicted octanol–water partition coefficient (Wildman–Crippen LogP) is 6.02. The molecule has 8 heteroatoms. The second-order valence-corrected chi connectivity index (χ2v) is 9.10. The molecule has 8 nitrogen and oxygen atoms in total. The fourth-order valence-electron chi connectivity index (χ4n) is 4.63. The van der Waals surface area contributed by atoms with Crippen molar-refractivity contribution < 1.29 is 33.3 Å². The lowest BCUT2D eigenvalue weighted by Gasteiger charge is -2.27. The number of anilines is 1. The minimum atomic E-state index is -0.936. The van der Waals surface area contributed by atoms with E-state index in [9.17, 15) is 14.7 Å². The molecule has 0 saturated carbocycles. The summed E-state index contributed by atoms with van der Waals surface area (Å²) in [6.45, 7) is 3.82. The lowest BCUT2D eigenvalue weighted by Crippen LogP contribution is -2.31. The van der Waals surface area contributed by atoms with E-state index in [1.54, 1.807) is 79.9 Å². The zero-order chi connectivity index (χ0) is 27.0. The first kappa shape index (κ1) is 25.0. The van der Waals surface area contributed by atoms with Crippen LogP contribution in [0.5, 0.6) is 17.2 Å². The molecule has 194 valence electrons. The van der Waals surface area contributed by atoms with Gasteiger partial charge in [-0.05, 0) is 67.9 Å². The molecule has 0 saturated heterocycles. The summed E-state index contributed by atoms with van der Waals surface area (Å²) in [4.78, 5) is 28.8. The van der Waals surface area contributed by atoms with Gasteiger partial charge in [0.2, 0.25) is 5.78 Å². The molecule has 0 radical (unpaired) electrons. The van der Waals surface area contributed by atoms with Crippen molar-refractivity contribution in [3.05, 3.63) is 95.5 Å². The first-order valence-electron chi connectivity index (χ1n) is 12.1. The Morgan fingerprint density at radius 2 is 1.68 bits per heavy atom. The molecule has 1 aromatic heterocycles. The van der Waals surface area contributed by atoms with E-state index in [1.165, 1.54) is 12.0 Å². The summed E-state index contributed by atoms with van der Waals surface area (Å²) in [5.74, 6) is -0.316. The summed E-state index contributed by atoms with van der Waals surface area (Å²) in [5.41, 5.74) is 1.38. The maximum atomic E-state index is 13.9. The van der Waals surface area contributed by atoms with Crippen molar-refractivity contribution in [1.29, 1.82) is 0 Å². The quantitative estimate of drug-likeness (QED) is 0.288. The van der Waals surface area contributed by atoms with Crippen LogP contribution in [0.3, 0.4) is 0 Å². The van der Waals surface area contributed by atoms with Crippen molar-refractivity contribution in [1.82, 2.24) is 0 Å². The van der Waals surface area contributed by atoms with Gasteiger partial charge in [0.15, 0.2) is 22.9 Å². The Morgan fingerprint density at radius 3 is 2.37 bits per heavy atom. The number of amides is 1. The average Bonchev–Trinajstić information content (AvgIpc) is 3.47. The number of hydrogen-bond donors (Lipinski definition) is 1. The first-order valence-corrected chi connectivity index (χ1v) is 12.1. The smallest absolute Gasteiger partial charge is 0.294 e. The van der Waals surface area contributed by atoms with Gasteiger partial charge in [-0.1, -0.05) is 24.3 Å². The number of methoxy groups -OCH3 is 2. The summed E-state index contributed by atoms with van der Waals surface area (Å²) >= 11 is 0. The second-order valence-electron chi connectivity index (χ2n) is 9.10. The van der Waals surface area contributed by atoms with Crippen molar-refractivity contribution in [2.75, 3.05) is 19.1 Å². The number of benzene rings is 3. The number of nitrogens with zero attached hydrogens (tertiary/aromatic N) is 1. The number of carbonyl (C=O) groups excluding carboxylic acids is 2. The van der Waals surface area contributed by atoms with Gasteiger partial charge in [-0.25, -0.2) is 0 Å². The number of aliphatic hydroxyl groups excluding tert-OH is 1. The van der Waals surface area contributed by atoms with E-state index in [0.717, 1.165) is 0 Å². The van der Waals surface area contributed by atoms with E-state index in [2.05, 4.69) is 0 Å². The second kappa shape index (κ2) is 9.97. The molecule has 4 aromatic rings. The molecule has 0 spiro atoms. The van der Waals surface area contributed by atoms with Gasteiger partial charge in [-0.3, -0.25) is 14.5 Å². The van der Waals surface area contributed by atoms with Crippen molar-refractivity contribution in [2.45, 2.75) is 26.0 Å². The van der Waals surface area contributed by atoms with Crippen LogP contribution >= 0.6 is 0 Å². The number of hydrogen-bond acceptors (Lipinski definition) is 7. The number of Topliss-reactive ketones (excluding diaryl/α,β-unsaturated/α-hetero) is 1. The number of ketones is 1. The molecule has 1 N–H and O–H groups in total. The number of ether oxygens (including phenoxy) is 3. The van der Waals surface area contributed by atoms with Gasteiger partial charge in [0.1, 0.15) is 11.5 Å². The molecule has 38 heavy (non-hydrogen) atoms. The molecule has 3 aromatic carbocycles. The molecule has 1 aliphatic heterocycles. The third-order valence-electron chi connectivity index (χ3n) is 6.30. The molecule has 1 atom stereocenters. The largest absolute Gasteiger partial charge is 0.503 e. The van der Waals surface area contributed by atoms with Gasteiger partial charge in [0.05, 0.1) is 31.9 Å². The van der Waals surface area contributed by atoms with E-state index in [-0.39, 0.29) is 17.4 Å². The molecule has 1 unspecified atom stereocenters. The van der Waals surface area contributed by atoms with Crippen molar-refractivity contribution >= 4 is 28.3 Å². The number of fused-ring (bicyclic) bond motifs is 1. The van der Waals surface area contributed by atoms with Crippen LogP contribution in [-0.2, 0) is 4.79 Å². The predicted molar refractivity (Wildman–Crippen MR) is 142 cm³/mol. The summed E-state index contributed by atoms with van der Waals surface area (Å²) in [6, 6.07) is 19.9. The Bertz CT molecular complexity index is 1550. The Labute approximate surface area is 219 Å². The van der Waals surface area contributed by atoms with Gasteiger partial charge < -0.3 is 23.7 Å². The fourth-order valence-corrected chi connectivity index (χ4v) is 4.63. The zero-order valence-electron chi connectivity index (χ0n) is 21.4. The first-order chi connectivity index (χ1) is 18.3. The molecule has 0 aliphatic carbocycles. The van der Waals surface area contributed by atoms with Crippen LogP contribution in [-0.4, -0.2) is 37.1 Å². The van der Waals surface area contributed by atoms with E-state index < -0.39 is 23.5 Å². The number of aliphatic hydroxyl groups is 1. The van der Waals surface area contributed by atoms with Gasteiger partial charge in [-0.15, -0.1) is 0 Å². The summed E-state index contributed by atoms with van der Waals surface area (Å²) in [6.07, 6.45) is -0.0799. The number of furan rings is 1. The van der Waals surface area contributed by atoms with E-state index in [4.69, 9.17) is 18.6 Å². The molecule has 1 aliphatic rings. The highest BCUT2D eigenvalue weighted by Crippen LogP contribution is 2.43. The van der Waals surface area contributed by atoms with Crippen LogP contribution in [0.15, 0.2) is 88.5 Å². The summed E-state index contributed by atoms with van der Waals surface area (Å²) < 4.78 is 22.4. The van der Waals surface area contributed by atoms with E-state index in [0.29, 0.717) is 39.5 Å².